The maximum absolute atomic E-state index is 13.6. The molecule has 0 radical (unpaired) electrons. The van der Waals surface area contributed by atoms with Crippen molar-refractivity contribution in [2.75, 3.05) is 19.9 Å². The lowest BCUT2D eigenvalue weighted by atomic mass is 10.1. The van der Waals surface area contributed by atoms with Crippen molar-refractivity contribution in [2.45, 2.75) is 10.9 Å². The second-order valence-electron chi connectivity index (χ2n) is 4.36. The zero-order valence-corrected chi connectivity index (χ0v) is 12.4. The third-order valence-corrected chi connectivity index (χ3v) is 4.25. The monoisotopic (exact) mass is 291 g/mol. The first-order valence-electron chi connectivity index (χ1n) is 6.43. The van der Waals surface area contributed by atoms with Crippen LogP contribution in [0.4, 0.5) is 4.39 Å². The Labute approximate surface area is 123 Å². The molecule has 2 aromatic carbocycles. The first kappa shape index (κ1) is 14.9. The summed E-state index contributed by atoms with van der Waals surface area (Å²) in [6, 6.07) is 15.0. The van der Waals surface area contributed by atoms with Crippen LogP contribution in [0.15, 0.2) is 53.4 Å². The number of ether oxygens (including phenoxy) is 1. The Morgan fingerprint density at radius 3 is 2.45 bits per heavy atom. The van der Waals surface area contributed by atoms with E-state index in [4.69, 9.17) is 4.74 Å². The van der Waals surface area contributed by atoms with Gasteiger partial charge in [-0.1, -0.05) is 24.3 Å². The molecule has 20 heavy (non-hydrogen) atoms. The van der Waals surface area contributed by atoms with E-state index in [9.17, 15) is 4.39 Å². The van der Waals surface area contributed by atoms with Crippen LogP contribution in [0.3, 0.4) is 0 Å². The van der Waals surface area contributed by atoms with E-state index in [0.29, 0.717) is 4.90 Å². The van der Waals surface area contributed by atoms with E-state index < -0.39 is 0 Å². The van der Waals surface area contributed by atoms with Gasteiger partial charge in [-0.25, -0.2) is 4.39 Å². The zero-order chi connectivity index (χ0) is 14.4. The fourth-order valence-electron chi connectivity index (χ4n) is 1.92. The Hall–Kier alpha value is -1.52. The van der Waals surface area contributed by atoms with Crippen molar-refractivity contribution in [3.63, 3.8) is 0 Å². The van der Waals surface area contributed by atoms with Crippen molar-refractivity contribution < 1.29 is 9.13 Å². The number of rotatable bonds is 6. The molecule has 0 heterocycles. The van der Waals surface area contributed by atoms with Gasteiger partial charge >= 0.3 is 0 Å². The van der Waals surface area contributed by atoms with Crippen LogP contribution in [0.1, 0.15) is 11.6 Å². The molecule has 1 N–H and O–H groups in total. The molecule has 0 aliphatic heterocycles. The van der Waals surface area contributed by atoms with Gasteiger partial charge in [0.15, 0.2) is 0 Å². The van der Waals surface area contributed by atoms with Gasteiger partial charge in [0.05, 0.1) is 7.11 Å². The Bertz CT molecular complexity index is 544. The lowest BCUT2D eigenvalue weighted by Gasteiger charge is -2.16. The number of benzene rings is 2. The Balaban J connectivity index is 2.03. The minimum Gasteiger partial charge on any atom is -0.497 e. The van der Waals surface area contributed by atoms with Crippen molar-refractivity contribution in [3.05, 3.63) is 59.9 Å². The number of thioether (sulfide) groups is 1. The van der Waals surface area contributed by atoms with Crippen LogP contribution in [0.2, 0.25) is 0 Å². The molecule has 0 bridgehead atoms. The van der Waals surface area contributed by atoms with E-state index in [1.165, 1.54) is 17.8 Å². The van der Waals surface area contributed by atoms with Crippen LogP contribution in [0.25, 0.3) is 0 Å². The average Bonchev–Trinajstić information content (AvgIpc) is 2.50. The highest BCUT2D eigenvalue weighted by Crippen LogP contribution is 2.27. The van der Waals surface area contributed by atoms with Crippen molar-refractivity contribution in [3.8, 4) is 5.75 Å². The van der Waals surface area contributed by atoms with Crippen LogP contribution in [-0.4, -0.2) is 19.9 Å². The van der Waals surface area contributed by atoms with Crippen LogP contribution in [0, 0.1) is 5.82 Å². The van der Waals surface area contributed by atoms with Gasteiger partial charge in [-0.15, -0.1) is 11.8 Å². The van der Waals surface area contributed by atoms with E-state index in [0.717, 1.165) is 17.1 Å². The lowest BCUT2D eigenvalue weighted by molar-refractivity contribution is 0.414. The summed E-state index contributed by atoms with van der Waals surface area (Å²) in [5.41, 5.74) is 1.16. The van der Waals surface area contributed by atoms with Crippen molar-refractivity contribution >= 4 is 11.8 Å². The minimum atomic E-state index is -0.165. The predicted octanol–water partition coefficient (Wildman–Crippen LogP) is 3.89. The van der Waals surface area contributed by atoms with Gasteiger partial charge < -0.3 is 10.1 Å². The first-order valence-corrected chi connectivity index (χ1v) is 7.41. The smallest absolute Gasteiger partial charge is 0.136 e. The van der Waals surface area contributed by atoms with Crippen molar-refractivity contribution in [1.29, 1.82) is 0 Å². The molecule has 4 heteroatoms. The SMILES string of the molecule is CNC(CSc1ccccc1F)c1ccc(OC)cc1. The number of hydrogen-bond acceptors (Lipinski definition) is 3. The largest absolute Gasteiger partial charge is 0.497 e. The van der Waals surface area contributed by atoms with E-state index in [1.54, 1.807) is 19.2 Å². The maximum Gasteiger partial charge on any atom is 0.136 e. The minimum absolute atomic E-state index is 0.165. The van der Waals surface area contributed by atoms with Gasteiger partial charge in [-0.05, 0) is 36.9 Å². The van der Waals surface area contributed by atoms with Crippen LogP contribution in [-0.2, 0) is 0 Å². The zero-order valence-electron chi connectivity index (χ0n) is 11.6. The molecule has 0 aromatic heterocycles. The Morgan fingerprint density at radius 1 is 1.15 bits per heavy atom. The molecule has 0 aliphatic rings. The summed E-state index contributed by atoms with van der Waals surface area (Å²) in [4.78, 5) is 0.682. The van der Waals surface area contributed by atoms with E-state index in [1.807, 2.05) is 37.4 Å². The number of hydrogen-bond donors (Lipinski definition) is 1. The van der Waals surface area contributed by atoms with Gasteiger partial charge in [0.2, 0.25) is 0 Å². The van der Waals surface area contributed by atoms with Crippen LogP contribution in [0.5, 0.6) is 5.75 Å². The molecule has 0 spiro atoms. The molecule has 0 amide bonds. The van der Waals surface area contributed by atoms with Gasteiger partial charge in [-0.3, -0.25) is 0 Å². The maximum atomic E-state index is 13.6. The average molecular weight is 291 g/mol. The quantitative estimate of drug-likeness (QED) is 0.816. The number of halogens is 1. The molecule has 106 valence electrons. The second-order valence-corrected chi connectivity index (χ2v) is 5.42. The molecule has 1 atom stereocenters. The highest BCUT2D eigenvalue weighted by molar-refractivity contribution is 7.99. The summed E-state index contributed by atoms with van der Waals surface area (Å²) in [6.45, 7) is 0. The summed E-state index contributed by atoms with van der Waals surface area (Å²) in [6.07, 6.45) is 0. The van der Waals surface area contributed by atoms with Crippen molar-refractivity contribution in [1.82, 2.24) is 5.32 Å². The number of methoxy groups -OCH3 is 1. The first-order chi connectivity index (χ1) is 9.74. The predicted molar refractivity (Wildman–Crippen MR) is 81.9 cm³/mol. The highest BCUT2D eigenvalue weighted by Gasteiger charge is 2.11. The summed E-state index contributed by atoms with van der Waals surface area (Å²) in [5.74, 6) is 1.44. The fourth-order valence-corrected chi connectivity index (χ4v) is 3.00. The van der Waals surface area contributed by atoms with E-state index in [2.05, 4.69) is 5.32 Å². The third-order valence-electron chi connectivity index (χ3n) is 3.11. The summed E-state index contributed by atoms with van der Waals surface area (Å²) in [5, 5.41) is 3.26. The second kappa shape index (κ2) is 7.31. The normalized spacial score (nSPS) is 12.2. The molecule has 2 rings (SSSR count). The fraction of sp³-hybridized carbons (Fsp3) is 0.250. The van der Waals surface area contributed by atoms with Gasteiger partial charge in [0.25, 0.3) is 0 Å². The van der Waals surface area contributed by atoms with E-state index in [-0.39, 0.29) is 11.9 Å². The van der Waals surface area contributed by atoms with Crippen LogP contribution < -0.4 is 10.1 Å². The topological polar surface area (TPSA) is 21.3 Å². The third kappa shape index (κ3) is 3.74. The Morgan fingerprint density at radius 2 is 1.85 bits per heavy atom. The Kier molecular flexibility index (Phi) is 5.44. The molecule has 0 aliphatic carbocycles. The summed E-state index contributed by atoms with van der Waals surface area (Å²) < 4.78 is 18.7. The van der Waals surface area contributed by atoms with Gasteiger partial charge in [-0.2, -0.15) is 0 Å². The lowest BCUT2D eigenvalue weighted by Crippen LogP contribution is -2.18. The molecular formula is C16H18FNOS. The summed E-state index contributed by atoms with van der Waals surface area (Å²) in [7, 11) is 3.56. The molecular weight excluding hydrogens is 273 g/mol. The summed E-state index contributed by atoms with van der Waals surface area (Å²) >= 11 is 1.52. The van der Waals surface area contributed by atoms with Crippen LogP contribution >= 0.6 is 11.8 Å². The molecule has 0 saturated heterocycles. The van der Waals surface area contributed by atoms with Gasteiger partial charge in [0, 0.05) is 16.7 Å². The highest BCUT2D eigenvalue weighted by atomic mass is 32.2. The number of nitrogens with one attached hydrogen (secondary N) is 1. The van der Waals surface area contributed by atoms with Crippen molar-refractivity contribution in [2.24, 2.45) is 0 Å². The van der Waals surface area contributed by atoms with Gasteiger partial charge in [0.1, 0.15) is 11.6 Å². The molecule has 0 saturated carbocycles. The molecule has 0 fully saturated rings. The van der Waals surface area contributed by atoms with E-state index >= 15 is 0 Å². The molecule has 2 nitrogen and oxygen atoms in total. The molecule has 2 aromatic rings. The standard InChI is InChI=1S/C16H18FNOS/c1-18-15(12-7-9-13(19-2)10-8-12)11-20-16-6-4-3-5-14(16)17/h3-10,15,18H,11H2,1-2H3. The molecule has 1 unspecified atom stereocenters.